The molecule has 3 heterocycles. The number of nitriles is 1. The molecule has 1 N–H and O–H groups in total. The van der Waals surface area contributed by atoms with E-state index in [1.807, 2.05) is 29.8 Å². The van der Waals surface area contributed by atoms with E-state index < -0.39 is 0 Å². The van der Waals surface area contributed by atoms with Gasteiger partial charge in [0.05, 0.1) is 5.75 Å². The second-order valence-corrected chi connectivity index (χ2v) is 6.48. The fraction of sp³-hybridized carbons (Fsp3) is 0.235. The van der Waals surface area contributed by atoms with Crippen LogP contribution < -0.4 is 5.32 Å². The molecule has 3 aromatic rings. The average Bonchev–Trinajstić information content (AvgIpc) is 3.13. The number of furan rings is 1. The van der Waals surface area contributed by atoms with Crippen LogP contribution in [0.25, 0.3) is 11.4 Å². The molecule has 9 heteroatoms. The van der Waals surface area contributed by atoms with E-state index in [1.54, 1.807) is 26.2 Å². The van der Waals surface area contributed by atoms with Gasteiger partial charge in [-0.25, -0.2) is 0 Å². The standard InChI is InChI=1S/C17H16N6O2S/c1-10-11(2)25-16(13(10)8-18)20-14(24)9-26-17-22-21-15(23(17)3)12-4-6-19-7-5-12/h4-7H,9H2,1-3H3,(H,20,24). The lowest BCUT2D eigenvalue weighted by atomic mass is 10.2. The lowest BCUT2D eigenvalue weighted by Gasteiger charge is -2.04. The second kappa shape index (κ2) is 7.41. The van der Waals surface area contributed by atoms with Crippen LogP contribution in [0.3, 0.4) is 0 Å². The van der Waals surface area contributed by atoms with Crippen molar-refractivity contribution in [3.05, 3.63) is 41.4 Å². The summed E-state index contributed by atoms with van der Waals surface area (Å²) >= 11 is 1.25. The molecule has 0 fully saturated rings. The van der Waals surface area contributed by atoms with Gasteiger partial charge in [0.15, 0.2) is 11.0 Å². The molecule has 0 saturated carbocycles. The van der Waals surface area contributed by atoms with Gasteiger partial charge in [0.1, 0.15) is 17.4 Å². The Bertz CT molecular complexity index is 987. The van der Waals surface area contributed by atoms with Crippen molar-refractivity contribution in [3.63, 3.8) is 0 Å². The molecular weight excluding hydrogens is 352 g/mol. The Kier molecular flexibility index (Phi) is 5.04. The highest BCUT2D eigenvalue weighted by Crippen LogP contribution is 2.26. The number of rotatable bonds is 5. The van der Waals surface area contributed by atoms with Crippen LogP contribution in [0.5, 0.6) is 0 Å². The molecule has 3 aromatic heterocycles. The zero-order valence-corrected chi connectivity index (χ0v) is 15.3. The molecule has 0 unspecified atom stereocenters. The number of aromatic nitrogens is 4. The molecular formula is C17H16N6O2S. The van der Waals surface area contributed by atoms with Crippen LogP contribution in [0.15, 0.2) is 34.1 Å². The fourth-order valence-corrected chi connectivity index (χ4v) is 3.05. The minimum atomic E-state index is -0.284. The van der Waals surface area contributed by atoms with Crippen molar-refractivity contribution in [2.24, 2.45) is 7.05 Å². The monoisotopic (exact) mass is 368 g/mol. The molecule has 26 heavy (non-hydrogen) atoms. The Morgan fingerprint density at radius 3 is 2.77 bits per heavy atom. The van der Waals surface area contributed by atoms with E-state index in [2.05, 4.69) is 20.5 Å². The van der Waals surface area contributed by atoms with Gasteiger partial charge in [-0.3, -0.25) is 15.1 Å². The van der Waals surface area contributed by atoms with Crippen molar-refractivity contribution in [1.82, 2.24) is 19.7 Å². The van der Waals surface area contributed by atoms with Crippen molar-refractivity contribution < 1.29 is 9.21 Å². The number of hydrogen-bond donors (Lipinski definition) is 1. The molecule has 0 radical (unpaired) electrons. The summed E-state index contributed by atoms with van der Waals surface area (Å²) in [6, 6.07) is 5.73. The van der Waals surface area contributed by atoms with Gasteiger partial charge in [0, 0.05) is 30.6 Å². The number of nitrogens with zero attached hydrogens (tertiary/aromatic N) is 5. The van der Waals surface area contributed by atoms with E-state index >= 15 is 0 Å². The maximum atomic E-state index is 12.2. The summed E-state index contributed by atoms with van der Waals surface area (Å²) in [6.07, 6.45) is 3.37. The third-order valence-corrected chi connectivity index (χ3v) is 4.88. The van der Waals surface area contributed by atoms with E-state index in [4.69, 9.17) is 4.42 Å². The number of carbonyl (C=O) groups is 1. The number of carbonyl (C=O) groups excluding carboxylic acids is 1. The Morgan fingerprint density at radius 1 is 1.35 bits per heavy atom. The summed E-state index contributed by atoms with van der Waals surface area (Å²) in [6.45, 7) is 3.53. The number of anilines is 1. The van der Waals surface area contributed by atoms with Gasteiger partial charge in [0.25, 0.3) is 0 Å². The molecule has 132 valence electrons. The molecule has 1 amide bonds. The van der Waals surface area contributed by atoms with Crippen LogP contribution in [-0.4, -0.2) is 31.4 Å². The van der Waals surface area contributed by atoms with Crippen LogP contribution in [0.2, 0.25) is 0 Å². The number of nitrogens with one attached hydrogen (secondary N) is 1. The Hall–Kier alpha value is -3.12. The molecule has 0 aromatic carbocycles. The average molecular weight is 368 g/mol. The van der Waals surface area contributed by atoms with Crippen molar-refractivity contribution >= 4 is 23.6 Å². The largest absolute Gasteiger partial charge is 0.444 e. The molecule has 0 aliphatic heterocycles. The summed E-state index contributed by atoms with van der Waals surface area (Å²) < 4.78 is 7.26. The zero-order chi connectivity index (χ0) is 18.7. The van der Waals surface area contributed by atoms with Crippen molar-refractivity contribution in [2.45, 2.75) is 19.0 Å². The summed E-state index contributed by atoms with van der Waals surface area (Å²) in [5.41, 5.74) is 1.97. The smallest absolute Gasteiger partial charge is 0.237 e. The molecule has 8 nitrogen and oxygen atoms in total. The van der Waals surface area contributed by atoms with Gasteiger partial charge >= 0.3 is 0 Å². The number of amides is 1. The van der Waals surface area contributed by atoms with Crippen molar-refractivity contribution in [2.75, 3.05) is 11.1 Å². The number of aryl methyl sites for hydroxylation is 1. The highest BCUT2D eigenvalue weighted by atomic mass is 32.2. The summed E-state index contributed by atoms with van der Waals surface area (Å²) in [5, 5.41) is 20.7. The van der Waals surface area contributed by atoms with Crippen LogP contribution >= 0.6 is 11.8 Å². The maximum Gasteiger partial charge on any atom is 0.237 e. The van der Waals surface area contributed by atoms with E-state index in [9.17, 15) is 10.1 Å². The number of thioether (sulfide) groups is 1. The molecule has 0 atom stereocenters. The summed E-state index contributed by atoms with van der Waals surface area (Å²) in [4.78, 5) is 16.2. The van der Waals surface area contributed by atoms with Gasteiger partial charge in [0.2, 0.25) is 11.8 Å². The lowest BCUT2D eigenvalue weighted by molar-refractivity contribution is -0.113. The molecule has 3 rings (SSSR count). The van der Waals surface area contributed by atoms with Gasteiger partial charge < -0.3 is 8.98 Å². The first-order valence-corrected chi connectivity index (χ1v) is 8.72. The predicted octanol–water partition coefficient (Wildman–Crippen LogP) is 2.69. The SMILES string of the molecule is Cc1oc(NC(=O)CSc2nnc(-c3ccncc3)n2C)c(C#N)c1C. The second-order valence-electron chi connectivity index (χ2n) is 5.54. The molecule has 0 saturated heterocycles. The molecule has 0 spiro atoms. The first kappa shape index (κ1) is 17.7. The predicted molar refractivity (Wildman–Crippen MR) is 96.5 cm³/mol. The third kappa shape index (κ3) is 3.45. The maximum absolute atomic E-state index is 12.2. The van der Waals surface area contributed by atoms with E-state index in [1.165, 1.54) is 11.8 Å². The van der Waals surface area contributed by atoms with Gasteiger partial charge in [-0.2, -0.15) is 5.26 Å². The number of pyridine rings is 1. The van der Waals surface area contributed by atoms with E-state index in [0.717, 1.165) is 11.1 Å². The minimum absolute atomic E-state index is 0.117. The lowest BCUT2D eigenvalue weighted by Crippen LogP contribution is -2.14. The minimum Gasteiger partial charge on any atom is -0.444 e. The van der Waals surface area contributed by atoms with Crippen LogP contribution in [0, 0.1) is 25.2 Å². The Morgan fingerprint density at radius 2 is 2.08 bits per heavy atom. The zero-order valence-electron chi connectivity index (χ0n) is 14.5. The normalized spacial score (nSPS) is 10.5. The van der Waals surface area contributed by atoms with Crippen LogP contribution in [-0.2, 0) is 11.8 Å². The van der Waals surface area contributed by atoms with Crippen LogP contribution in [0.4, 0.5) is 5.88 Å². The molecule has 0 bridgehead atoms. The number of hydrogen-bond acceptors (Lipinski definition) is 7. The topological polar surface area (TPSA) is 110 Å². The highest BCUT2D eigenvalue weighted by molar-refractivity contribution is 7.99. The quantitative estimate of drug-likeness (QED) is 0.689. The van der Waals surface area contributed by atoms with Crippen molar-refractivity contribution in [3.8, 4) is 17.5 Å². The Labute approximate surface area is 154 Å². The highest BCUT2D eigenvalue weighted by Gasteiger charge is 2.18. The van der Waals surface area contributed by atoms with E-state index in [0.29, 0.717) is 22.3 Å². The van der Waals surface area contributed by atoms with Gasteiger partial charge in [-0.15, -0.1) is 10.2 Å². The molecule has 0 aliphatic carbocycles. The van der Waals surface area contributed by atoms with Gasteiger partial charge in [-0.05, 0) is 26.0 Å². The first-order valence-electron chi connectivity index (χ1n) is 7.73. The van der Waals surface area contributed by atoms with Crippen LogP contribution in [0.1, 0.15) is 16.9 Å². The molecule has 0 aliphatic rings. The summed E-state index contributed by atoms with van der Waals surface area (Å²) in [5.74, 6) is 1.32. The third-order valence-electron chi connectivity index (χ3n) is 3.86. The van der Waals surface area contributed by atoms with Crippen molar-refractivity contribution in [1.29, 1.82) is 5.26 Å². The Balaban J connectivity index is 1.67. The van der Waals surface area contributed by atoms with Gasteiger partial charge in [-0.1, -0.05) is 11.8 Å². The fourth-order valence-electron chi connectivity index (χ4n) is 2.34. The van der Waals surface area contributed by atoms with E-state index in [-0.39, 0.29) is 17.5 Å². The summed E-state index contributed by atoms with van der Waals surface area (Å²) in [7, 11) is 1.84. The first-order chi connectivity index (χ1) is 12.5.